The first-order valence-electron chi connectivity index (χ1n) is 9.69. The first-order chi connectivity index (χ1) is 14.9. The molecular weight excluding hydrogens is 394 g/mol. The zero-order valence-corrected chi connectivity index (χ0v) is 17.2. The molecule has 0 bridgehead atoms. The Morgan fingerprint density at radius 3 is 2.35 bits per heavy atom. The molecule has 0 radical (unpaired) electrons. The van der Waals surface area contributed by atoms with Gasteiger partial charge in [-0.25, -0.2) is 0 Å². The highest BCUT2D eigenvalue weighted by atomic mass is 16.6. The number of benzene rings is 3. The van der Waals surface area contributed by atoms with Gasteiger partial charge >= 0.3 is 0 Å². The van der Waals surface area contributed by atoms with Gasteiger partial charge in [0.1, 0.15) is 12.4 Å². The van der Waals surface area contributed by atoms with Crippen molar-refractivity contribution in [2.75, 3.05) is 5.32 Å². The maximum atomic E-state index is 12.6. The van der Waals surface area contributed by atoms with E-state index in [9.17, 15) is 14.9 Å². The molecule has 7 heteroatoms. The van der Waals surface area contributed by atoms with Crippen LogP contribution in [0.15, 0.2) is 66.7 Å². The van der Waals surface area contributed by atoms with Crippen molar-refractivity contribution in [1.82, 2.24) is 0 Å². The molecule has 156 valence electrons. The Kier molecular flexibility index (Phi) is 6.63. The normalized spacial score (nSPS) is 10.4. The highest BCUT2D eigenvalue weighted by Crippen LogP contribution is 2.30. The molecule has 3 rings (SSSR count). The minimum Gasteiger partial charge on any atom is -0.486 e. The van der Waals surface area contributed by atoms with Crippen LogP contribution in [-0.2, 0) is 6.61 Å². The highest BCUT2D eigenvalue weighted by molar-refractivity contribution is 6.05. The number of nitrogens with one attached hydrogen (secondary N) is 1. The van der Waals surface area contributed by atoms with E-state index in [1.807, 2.05) is 30.3 Å². The lowest BCUT2D eigenvalue weighted by Crippen LogP contribution is -2.13. The van der Waals surface area contributed by atoms with E-state index in [1.54, 1.807) is 12.1 Å². The molecule has 1 amide bonds. The second kappa shape index (κ2) is 9.55. The molecule has 3 aromatic carbocycles. The summed E-state index contributed by atoms with van der Waals surface area (Å²) in [4.78, 5) is 23.2. The van der Waals surface area contributed by atoms with E-state index in [0.29, 0.717) is 22.7 Å². The molecule has 0 aliphatic heterocycles. The summed E-state index contributed by atoms with van der Waals surface area (Å²) in [5, 5.41) is 22.8. The molecule has 1 N–H and O–H groups in total. The fraction of sp³-hybridized carbons (Fsp3) is 0.167. The van der Waals surface area contributed by atoms with Crippen molar-refractivity contribution in [2.45, 2.75) is 26.4 Å². The third-order valence-electron chi connectivity index (χ3n) is 4.74. The van der Waals surface area contributed by atoms with E-state index in [2.05, 4.69) is 19.2 Å². The summed E-state index contributed by atoms with van der Waals surface area (Å²) in [5.41, 5.74) is 3.09. The summed E-state index contributed by atoms with van der Waals surface area (Å²) >= 11 is 0. The van der Waals surface area contributed by atoms with Gasteiger partial charge in [-0.3, -0.25) is 14.9 Å². The smallest absolute Gasteiger partial charge is 0.273 e. The topological polar surface area (TPSA) is 105 Å². The molecule has 0 aliphatic rings. The zero-order chi connectivity index (χ0) is 22.4. The second-order valence-electron chi connectivity index (χ2n) is 7.27. The van der Waals surface area contributed by atoms with Gasteiger partial charge < -0.3 is 10.1 Å². The minimum atomic E-state index is -0.517. The predicted octanol–water partition coefficient (Wildman–Crippen LogP) is 5.42. The van der Waals surface area contributed by atoms with Gasteiger partial charge in [0, 0.05) is 11.6 Å². The van der Waals surface area contributed by atoms with Crippen LogP contribution < -0.4 is 10.1 Å². The molecule has 0 unspecified atom stereocenters. The SMILES string of the molecule is CC(C)c1ccc(COc2cc([N+](=O)[O-])ccc2NC(=O)c2ccc(C#N)cc2)cc1. The lowest BCUT2D eigenvalue weighted by atomic mass is 10.0. The quantitative estimate of drug-likeness (QED) is 0.410. The molecule has 7 nitrogen and oxygen atoms in total. The number of nitrogens with zero attached hydrogens (tertiary/aromatic N) is 2. The van der Waals surface area contributed by atoms with Crippen molar-refractivity contribution in [1.29, 1.82) is 5.26 Å². The van der Waals surface area contributed by atoms with Gasteiger partial charge in [0.05, 0.1) is 28.3 Å². The molecule has 0 atom stereocenters. The van der Waals surface area contributed by atoms with Gasteiger partial charge in [-0.05, 0) is 47.4 Å². The van der Waals surface area contributed by atoms with E-state index < -0.39 is 10.8 Å². The van der Waals surface area contributed by atoms with Crippen LogP contribution in [0.4, 0.5) is 11.4 Å². The molecule has 0 fully saturated rings. The van der Waals surface area contributed by atoms with Gasteiger partial charge in [-0.1, -0.05) is 38.1 Å². The number of carbonyl (C=O) groups excluding carboxylic acids is 1. The number of anilines is 1. The van der Waals surface area contributed by atoms with Crippen LogP contribution in [0.25, 0.3) is 0 Å². The molecule has 3 aromatic rings. The Labute approximate surface area is 180 Å². The van der Waals surface area contributed by atoms with Gasteiger partial charge in [0.15, 0.2) is 0 Å². The van der Waals surface area contributed by atoms with Gasteiger partial charge in [0.2, 0.25) is 0 Å². The van der Waals surface area contributed by atoms with E-state index in [1.165, 1.54) is 35.9 Å². The Hall–Kier alpha value is -4.18. The number of carbonyl (C=O) groups is 1. The Bertz CT molecular complexity index is 1130. The maximum absolute atomic E-state index is 12.6. The van der Waals surface area contributed by atoms with E-state index in [4.69, 9.17) is 10.00 Å². The molecule has 31 heavy (non-hydrogen) atoms. The van der Waals surface area contributed by atoms with Gasteiger partial charge in [-0.15, -0.1) is 0 Å². The second-order valence-corrected chi connectivity index (χ2v) is 7.27. The standard InChI is InChI=1S/C24H21N3O4/c1-16(2)19-7-5-18(6-8-19)15-31-23-13-21(27(29)30)11-12-22(23)26-24(28)20-9-3-17(14-25)4-10-20/h3-13,16H,15H2,1-2H3,(H,26,28). The van der Waals surface area contributed by atoms with Crippen molar-refractivity contribution in [3.63, 3.8) is 0 Å². The number of nitro groups is 1. The van der Waals surface area contributed by atoms with Crippen molar-refractivity contribution in [2.24, 2.45) is 0 Å². The summed E-state index contributed by atoms with van der Waals surface area (Å²) in [6.07, 6.45) is 0. The number of nitriles is 1. The van der Waals surface area contributed by atoms with E-state index in [-0.39, 0.29) is 18.0 Å². The van der Waals surface area contributed by atoms with Crippen LogP contribution in [0.2, 0.25) is 0 Å². The number of ether oxygens (including phenoxy) is 1. The van der Waals surface area contributed by atoms with Crippen molar-refractivity contribution >= 4 is 17.3 Å². The van der Waals surface area contributed by atoms with Crippen LogP contribution in [0.3, 0.4) is 0 Å². The number of non-ortho nitro benzene ring substituents is 1. The Morgan fingerprint density at radius 2 is 1.77 bits per heavy atom. The number of hydrogen-bond acceptors (Lipinski definition) is 5. The third kappa shape index (κ3) is 5.46. The predicted molar refractivity (Wildman–Crippen MR) is 117 cm³/mol. The van der Waals surface area contributed by atoms with Crippen molar-refractivity contribution in [3.8, 4) is 11.8 Å². The number of amides is 1. The number of hydrogen-bond donors (Lipinski definition) is 1. The molecule has 0 aliphatic carbocycles. The average molecular weight is 415 g/mol. The summed E-state index contributed by atoms with van der Waals surface area (Å²) < 4.78 is 5.83. The van der Waals surface area contributed by atoms with Crippen molar-refractivity contribution in [3.05, 3.63) is 99.1 Å². The minimum absolute atomic E-state index is 0.137. The lowest BCUT2D eigenvalue weighted by molar-refractivity contribution is -0.384. The molecule has 0 saturated heterocycles. The van der Waals surface area contributed by atoms with Crippen LogP contribution in [0, 0.1) is 21.4 Å². The fourth-order valence-electron chi connectivity index (χ4n) is 2.90. The zero-order valence-electron chi connectivity index (χ0n) is 17.2. The molecule has 0 aromatic heterocycles. The van der Waals surface area contributed by atoms with Gasteiger partial charge in [0.25, 0.3) is 11.6 Å². The largest absolute Gasteiger partial charge is 0.486 e. The molecule has 0 spiro atoms. The summed E-state index contributed by atoms with van der Waals surface area (Å²) in [7, 11) is 0. The summed E-state index contributed by atoms with van der Waals surface area (Å²) in [5.74, 6) is 0.199. The Balaban J connectivity index is 1.80. The molecular formula is C24H21N3O4. The van der Waals surface area contributed by atoms with E-state index in [0.717, 1.165) is 5.56 Å². The first kappa shape index (κ1) is 21.5. The van der Waals surface area contributed by atoms with E-state index >= 15 is 0 Å². The van der Waals surface area contributed by atoms with Crippen LogP contribution in [0.1, 0.15) is 46.8 Å². The highest BCUT2D eigenvalue weighted by Gasteiger charge is 2.15. The van der Waals surface area contributed by atoms with Crippen LogP contribution in [0.5, 0.6) is 5.75 Å². The monoisotopic (exact) mass is 415 g/mol. The van der Waals surface area contributed by atoms with Crippen molar-refractivity contribution < 1.29 is 14.5 Å². The fourth-order valence-corrected chi connectivity index (χ4v) is 2.90. The Morgan fingerprint density at radius 1 is 1.10 bits per heavy atom. The summed E-state index contributed by atoms with van der Waals surface area (Å²) in [6, 6.07) is 20.1. The third-order valence-corrected chi connectivity index (χ3v) is 4.74. The van der Waals surface area contributed by atoms with Crippen LogP contribution >= 0.6 is 0 Å². The number of rotatable bonds is 7. The number of nitro benzene ring substituents is 1. The maximum Gasteiger partial charge on any atom is 0.273 e. The van der Waals surface area contributed by atoms with Gasteiger partial charge in [-0.2, -0.15) is 5.26 Å². The average Bonchev–Trinajstić information content (AvgIpc) is 2.78. The summed E-state index contributed by atoms with van der Waals surface area (Å²) in [6.45, 7) is 4.41. The lowest BCUT2D eigenvalue weighted by Gasteiger charge is -2.13. The molecule has 0 saturated carbocycles. The first-order valence-corrected chi connectivity index (χ1v) is 9.69. The molecule has 0 heterocycles. The van der Waals surface area contributed by atoms with Crippen LogP contribution in [-0.4, -0.2) is 10.8 Å².